The van der Waals surface area contributed by atoms with Crippen molar-refractivity contribution in [1.29, 1.82) is 0 Å². The molecule has 0 bridgehead atoms. The van der Waals surface area contributed by atoms with Gasteiger partial charge in [-0.25, -0.2) is 0 Å². The first-order valence-corrected chi connectivity index (χ1v) is 5.95. The number of rotatable bonds is 5. The Morgan fingerprint density at radius 3 is 2.76 bits per heavy atom. The molecule has 1 aromatic carbocycles. The molecule has 1 atom stereocenters. The number of benzene rings is 1. The van der Waals surface area contributed by atoms with Crippen molar-refractivity contribution < 1.29 is 4.74 Å². The lowest BCUT2D eigenvalue weighted by molar-refractivity contribution is 0.199. The highest BCUT2D eigenvalue weighted by Crippen LogP contribution is 2.09. The van der Waals surface area contributed by atoms with Gasteiger partial charge in [-0.15, -0.1) is 12.4 Å². The Labute approximate surface area is 110 Å². The molecule has 0 amide bonds. The minimum atomic E-state index is 0. The van der Waals surface area contributed by atoms with E-state index < -0.39 is 0 Å². The predicted octanol–water partition coefficient (Wildman–Crippen LogP) is 1.78. The van der Waals surface area contributed by atoms with E-state index in [1.165, 1.54) is 6.42 Å². The molecule has 1 aliphatic heterocycles. The maximum atomic E-state index is 5.67. The Bertz CT molecular complexity index is 302. The van der Waals surface area contributed by atoms with Crippen molar-refractivity contribution >= 4 is 12.4 Å². The van der Waals surface area contributed by atoms with Gasteiger partial charge in [0, 0.05) is 19.1 Å². The van der Waals surface area contributed by atoms with E-state index in [0.717, 1.165) is 32.0 Å². The van der Waals surface area contributed by atoms with E-state index in [1.54, 1.807) is 0 Å². The first-order valence-electron chi connectivity index (χ1n) is 5.95. The zero-order valence-corrected chi connectivity index (χ0v) is 11.1. The molecule has 17 heavy (non-hydrogen) atoms. The number of halogens is 1. The van der Waals surface area contributed by atoms with E-state index in [0.29, 0.717) is 6.04 Å². The Morgan fingerprint density at radius 1 is 1.35 bits per heavy atom. The summed E-state index contributed by atoms with van der Waals surface area (Å²) in [5.41, 5.74) is 0. The van der Waals surface area contributed by atoms with Crippen molar-refractivity contribution in [3.63, 3.8) is 0 Å². The maximum absolute atomic E-state index is 5.67. The molecule has 96 valence electrons. The number of hydrogen-bond donors (Lipinski definition) is 1. The predicted molar refractivity (Wildman–Crippen MR) is 73.1 cm³/mol. The molecule has 1 heterocycles. The van der Waals surface area contributed by atoms with Crippen LogP contribution in [0.1, 0.15) is 6.42 Å². The van der Waals surface area contributed by atoms with Gasteiger partial charge in [0.25, 0.3) is 0 Å². The largest absolute Gasteiger partial charge is 0.492 e. The molecule has 2 rings (SSSR count). The smallest absolute Gasteiger partial charge is 0.119 e. The first-order chi connectivity index (χ1) is 7.86. The van der Waals surface area contributed by atoms with Crippen LogP contribution >= 0.6 is 12.4 Å². The van der Waals surface area contributed by atoms with Gasteiger partial charge in [-0.1, -0.05) is 18.2 Å². The molecular formula is C13H21ClN2O. The average Bonchev–Trinajstić information content (AvgIpc) is 2.84. The summed E-state index contributed by atoms with van der Waals surface area (Å²) in [6.45, 7) is 4.01. The summed E-state index contributed by atoms with van der Waals surface area (Å²) in [7, 11) is 2.17. The van der Waals surface area contributed by atoms with Gasteiger partial charge in [-0.3, -0.25) is 4.90 Å². The molecular weight excluding hydrogens is 236 g/mol. The quantitative estimate of drug-likeness (QED) is 0.869. The number of ether oxygens (including phenoxy) is 1. The molecule has 0 radical (unpaired) electrons. The highest BCUT2D eigenvalue weighted by Gasteiger charge is 2.18. The van der Waals surface area contributed by atoms with Crippen LogP contribution in [0.4, 0.5) is 0 Å². The van der Waals surface area contributed by atoms with Gasteiger partial charge >= 0.3 is 0 Å². The summed E-state index contributed by atoms with van der Waals surface area (Å²) >= 11 is 0. The zero-order valence-electron chi connectivity index (χ0n) is 10.3. The third kappa shape index (κ3) is 4.54. The Kier molecular flexibility index (Phi) is 6.34. The van der Waals surface area contributed by atoms with Crippen LogP contribution in [0, 0.1) is 0 Å². The van der Waals surface area contributed by atoms with Crippen molar-refractivity contribution in [2.45, 2.75) is 12.5 Å². The van der Waals surface area contributed by atoms with Gasteiger partial charge in [-0.05, 0) is 32.1 Å². The fourth-order valence-corrected chi connectivity index (χ4v) is 2.02. The zero-order chi connectivity index (χ0) is 11.2. The molecule has 0 aromatic heterocycles. The average molecular weight is 257 g/mol. The number of likely N-dealkylation sites (N-methyl/N-ethyl adjacent to an activating group) is 1. The van der Waals surface area contributed by atoms with Crippen molar-refractivity contribution in [2.75, 3.05) is 33.3 Å². The standard InChI is InChI=1S/C13H20N2O.ClH/c1-15(12-7-8-14-11-12)9-10-16-13-5-3-2-4-6-13;/h2-6,12,14H,7-11H2,1H3;1H. The second-order valence-electron chi connectivity index (χ2n) is 4.29. The fourth-order valence-electron chi connectivity index (χ4n) is 2.02. The number of nitrogens with zero attached hydrogens (tertiary/aromatic N) is 1. The van der Waals surface area contributed by atoms with Crippen LogP contribution < -0.4 is 10.1 Å². The monoisotopic (exact) mass is 256 g/mol. The van der Waals surface area contributed by atoms with Crippen LogP contribution in [0.25, 0.3) is 0 Å². The molecule has 1 unspecified atom stereocenters. The molecule has 1 saturated heterocycles. The lowest BCUT2D eigenvalue weighted by Crippen LogP contribution is -2.36. The summed E-state index contributed by atoms with van der Waals surface area (Å²) in [6, 6.07) is 10.7. The summed E-state index contributed by atoms with van der Waals surface area (Å²) in [6.07, 6.45) is 1.25. The van der Waals surface area contributed by atoms with Gasteiger partial charge in [0.15, 0.2) is 0 Å². The van der Waals surface area contributed by atoms with Crippen LogP contribution in [-0.2, 0) is 0 Å². The SMILES string of the molecule is CN(CCOc1ccccc1)C1CCNC1.Cl. The van der Waals surface area contributed by atoms with Gasteiger partial charge in [-0.2, -0.15) is 0 Å². The van der Waals surface area contributed by atoms with E-state index in [9.17, 15) is 0 Å². The van der Waals surface area contributed by atoms with E-state index in [4.69, 9.17) is 4.74 Å². The van der Waals surface area contributed by atoms with E-state index in [1.807, 2.05) is 30.3 Å². The summed E-state index contributed by atoms with van der Waals surface area (Å²) < 4.78 is 5.67. The lowest BCUT2D eigenvalue weighted by Gasteiger charge is -2.23. The molecule has 3 nitrogen and oxygen atoms in total. The second-order valence-corrected chi connectivity index (χ2v) is 4.29. The third-order valence-corrected chi connectivity index (χ3v) is 3.11. The van der Waals surface area contributed by atoms with Gasteiger partial charge in [0.1, 0.15) is 12.4 Å². The Balaban J connectivity index is 0.00000144. The lowest BCUT2D eigenvalue weighted by atomic mass is 10.2. The van der Waals surface area contributed by atoms with Gasteiger partial charge in [0.05, 0.1) is 0 Å². The Hall–Kier alpha value is -0.770. The van der Waals surface area contributed by atoms with E-state index in [2.05, 4.69) is 17.3 Å². The van der Waals surface area contributed by atoms with Gasteiger partial charge < -0.3 is 10.1 Å². The number of nitrogens with one attached hydrogen (secondary N) is 1. The molecule has 1 fully saturated rings. The molecule has 1 N–H and O–H groups in total. The third-order valence-electron chi connectivity index (χ3n) is 3.11. The second kappa shape index (κ2) is 7.54. The van der Waals surface area contributed by atoms with Crippen molar-refractivity contribution in [3.05, 3.63) is 30.3 Å². The molecule has 0 spiro atoms. The number of hydrogen-bond acceptors (Lipinski definition) is 3. The fraction of sp³-hybridized carbons (Fsp3) is 0.538. The Morgan fingerprint density at radius 2 is 2.12 bits per heavy atom. The summed E-state index contributed by atoms with van der Waals surface area (Å²) in [5.74, 6) is 0.959. The minimum absolute atomic E-state index is 0. The first kappa shape index (κ1) is 14.3. The van der Waals surface area contributed by atoms with Crippen LogP contribution in [0.15, 0.2) is 30.3 Å². The van der Waals surface area contributed by atoms with E-state index >= 15 is 0 Å². The van der Waals surface area contributed by atoms with Gasteiger partial charge in [0.2, 0.25) is 0 Å². The van der Waals surface area contributed by atoms with Crippen LogP contribution in [0.2, 0.25) is 0 Å². The molecule has 4 heteroatoms. The highest BCUT2D eigenvalue weighted by atomic mass is 35.5. The van der Waals surface area contributed by atoms with Crippen LogP contribution in [0.5, 0.6) is 5.75 Å². The van der Waals surface area contributed by atoms with Crippen molar-refractivity contribution in [1.82, 2.24) is 10.2 Å². The molecule has 1 aliphatic rings. The number of para-hydroxylation sites is 1. The highest BCUT2D eigenvalue weighted by molar-refractivity contribution is 5.85. The summed E-state index contributed by atoms with van der Waals surface area (Å²) in [4.78, 5) is 2.38. The minimum Gasteiger partial charge on any atom is -0.492 e. The van der Waals surface area contributed by atoms with E-state index in [-0.39, 0.29) is 12.4 Å². The van der Waals surface area contributed by atoms with Crippen LogP contribution in [0.3, 0.4) is 0 Å². The maximum Gasteiger partial charge on any atom is 0.119 e. The van der Waals surface area contributed by atoms with Crippen molar-refractivity contribution in [3.8, 4) is 5.75 Å². The molecule has 0 saturated carbocycles. The normalized spacial score (nSPS) is 19.1. The van der Waals surface area contributed by atoms with Crippen LogP contribution in [-0.4, -0.2) is 44.2 Å². The molecule has 0 aliphatic carbocycles. The molecule has 1 aromatic rings. The topological polar surface area (TPSA) is 24.5 Å². The summed E-state index contributed by atoms with van der Waals surface area (Å²) in [5, 5.41) is 3.38. The van der Waals surface area contributed by atoms with Crippen molar-refractivity contribution in [2.24, 2.45) is 0 Å².